The Hall–Kier alpha value is -0.490. The Labute approximate surface area is 84.8 Å². The van der Waals surface area contributed by atoms with Crippen molar-refractivity contribution in [2.45, 2.75) is 6.92 Å². The Morgan fingerprint density at radius 1 is 1.67 bits per heavy atom. The van der Waals surface area contributed by atoms with E-state index in [1.54, 1.807) is 13.0 Å². The van der Waals surface area contributed by atoms with Crippen molar-refractivity contribution in [2.75, 3.05) is 0 Å². The van der Waals surface area contributed by atoms with Gasteiger partial charge in [-0.1, -0.05) is 23.2 Å². The molecule has 12 heavy (non-hydrogen) atoms. The maximum atomic E-state index is 8.56. The molecule has 0 aromatic carbocycles. The molecule has 1 aromatic rings. The van der Waals surface area contributed by atoms with Crippen molar-refractivity contribution >= 4 is 39.6 Å². The Bertz CT molecular complexity index is 359. The van der Waals surface area contributed by atoms with Gasteiger partial charge < -0.3 is 0 Å². The number of halogens is 2. The molecule has 0 unspecified atom stereocenters. The van der Waals surface area contributed by atoms with E-state index in [9.17, 15) is 0 Å². The summed E-state index contributed by atoms with van der Waals surface area (Å²) in [7, 11) is 0. The smallest absolute Gasteiger partial charge is 0.0960 e. The lowest BCUT2D eigenvalue weighted by atomic mass is 10.3. The first-order valence-corrected chi connectivity index (χ1v) is 4.80. The fraction of sp³-hybridized carbons (Fsp3) is 0.125. The highest BCUT2D eigenvalue weighted by Gasteiger charge is 2.08. The number of nitriles is 1. The van der Waals surface area contributed by atoms with Crippen LogP contribution in [0.3, 0.4) is 0 Å². The number of thiophene rings is 1. The molecule has 0 N–H and O–H groups in total. The molecule has 0 radical (unpaired) electrons. The highest BCUT2D eigenvalue weighted by atomic mass is 35.5. The summed E-state index contributed by atoms with van der Waals surface area (Å²) in [6, 6.07) is 3.73. The van der Waals surface area contributed by atoms with Crippen LogP contribution in [0.15, 0.2) is 17.0 Å². The van der Waals surface area contributed by atoms with Crippen LogP contribution in [-0.4, -0.2) is 0 Å². The highest BCUT2D eigenvalue weighted by Crippen LogP contribution is 2.33. The summed E-state index contributed by atoms with van der Waals surface area (Å²) in [5.41, 5.74) is 0.487. The molecule has 4 heteroatoms. The topological polar surface area (TPSA) is 23.8 Å². The van der Waals surface area contributed by atoms with Crippen molar-refractivity contribution in [3.05, 3.63) is 26.9 Å². The highest BCUT2D eigenvalue weighted by molar-refractivity contribution is 7.12. The number of hydrogen-bond donors (Lipinski definition) is 0. The van der Waals surface area contributed by atoms with E-state index >= 15 is 0 Å². The van der Waals surface area contributed by atoms with Gasteiger partial charge in [-0.05, 0) is 18.4 Å². The van der Waals surface area contributed by atoms with Crippen molar-refractivity contribution in [3.63, 3.8) is 0 Å². The van der Waals surface area contributed by atoms with E-state index in [0.717, 1.165) is 4.88 Å². The number of nitrogens with zero attached hydrogens (tertiary/aromatic N) is 1. The van der Waals surface area contributed by atoms with Gasteiger partial charge in [-0.15, -0.1) is 11.3 Å². The first kappa shape index (κ1) is 9.60. The molecular weight excluding hydrogens is 213 g/mol. The Balaban J connectivity index is 3.18. The summed E-state index contributed by atoms with van der Waals surface area (Å²) >= 11 is 13.1. The third-order valence-electron chi connectivity index (χ3n) is 1.31. The van der Waals surface area contributed by atoms with Gasteiger partial charge in [-0.25, -0.2) is 0 Å². The third kappa shape index (κ3) is 1.81. The van der Waals surface area contributed by atoms with Gasteiger partial charge in [0.1, 0.15) is 0 Å². The van der Waals surface area contributed by atoms with Crippen LogP contribution in [0.2, 0.25) is 5.02 Å². The van der Waals surface area contributed by atoms with Crippen molar-refractivity contribution in [2.24, 2.45) is 0 Å². The zero-order valence-corrected chi connectivity index (χ0v) is 8.59. The van der Waals surface area contributed by atoms with Gasteiger partial charge >= 0.3 is 0 Å². The van der Waals surface area contributed by atoms with Gasteiger partial charge in [0.15, 0.2) is 0 Å². The summed E-state index contributed by atoms with van der Waals surface area (Å²) in [6.07, 6.45) is 0. The second kappa shape index (κ2) is 3.95. The monoisotopic (exact) mass is 217 g/mol. The largest absolute Gasteiger partial charge is 0.193 e. The predicted molar refractivity (Wildman–Crippen MR) is 53.4 cm³/mol. The average molecular weight is 218 g/mol. The van der Waals surface area contributed by atoms with Gasteiger partial charge in [0.05, 0.1) is 21.0 Å². The lowest BCUT2D eigenvalue weighted by Crippen LogP contribution is -1.75. The normalized spacial score (nSPS) is 12.2. The maximum Gasteiger partial charge on any atom is 0.0960 e. The van der Waals surface area contributed by atoms with E-state index in [2.05, 4.69) is 0 Å². The SMILES string of the molecule is C/C(C#N)=C(/Cl)c1sccc1Cl. The Kier molecular flexibility index (Phi) is 3.16. The second-order valence-corrected chi connectivity index (χ2v) is 3.85. The summed E-state index contributed by atoms with van der Waals surface area (Å²) < 4.78 is 0. The first-order chi connectivity index (χ1) is 5.66. The number of allylic oxidation sites excluding steroid dienone is 1. The van der Waals surface area contributed by atoms with Gasteiger partial charge in [-0.3, -0.25) is 0 Å². The molecule has 0 fully saturated rings. The standard InChI is InChI=1S/C8H5Cl2NS/c1-5(4-11)7(10)8-6(9)2-3-12-8/h2-3H,1H3/b7-5-. The minimum atomic E-state index is 0.442. The van der Waals surface area contributed by atoms with E-state index in [1.165, 1.54) is 11.3 Å². The van der Waals surface area contributed by atoms with Crippen LogP contribution in [-0.2, 0) is 0 Å². The zero-order chi connectivity index (χ0) is 9.14. The number of hydrogen-bond acceptors (Lipinski definition) is 2. The lowest BCUT2D eigenvalue weighted by molar-refractivity contribution is 1.46. The fourth-order valence-electron chi connectivity index (χ4n) is 0.670. The fourth-order valence-corrected chi connectivity index (χ4v) is 2.14. The Morgan fingerprint density at radius 2 is 2.33 bits per heavy atom. The first-order valence-electron chi connectivity index (χ1n) is 3.16. The second-order valence-electron chi connectivity index (χ2n) is 2.15. The molecule has 0 saturated heterocycles. The molecule has 0 aliphatic rings. The van der Waals surface area contributed by atoms with Gasteiger partial charge in [0, 0.05) is 5.57 Å². The Morgan fingerprint density at radius 3 is 2.75 bits per heavy atom. The minimum absolute atomic E-state index is 0.442. The molecular formula is C8H5Cl2NS. The van der Waals surface area contributed by atoms with Crippen molar-refractivity contribution in [1.82, 2.24) is 0 Å². The van der Waals surface area contributed by atoms with Crippen LogP contribution in [0.4, 0.5) is 0 Å². The van der Waals surface area contributed by atoms with Crippen LogP contribution >= 0.6 is 34.5 Å². The van der Waals surface area contributed by atoms with E-state index in [0.29, 0.717) is 15.6 Å². The minimum Gasteiger partial charge on any atom is -0.193 e. The third-order valence-corrected chi connectivity index (χ3v) is 3.26. The lowest BCUT2D eigenvalue weighted by Gasteiger charge is -1.95. The average Bonchev–Trinajstić information content (AvgIpc) is 2.48. The molecule has 0 aliphatic heterocycles. The molecule has 1 aromatic heterocycles. The van der Waals surface area contributed by atoms with Crippen LogP contribution < -0.4 is 0 Å². The molecule has 1 nitrogen and oxygen atoms in total. The van der Waals surface area contributed by atoms with Gasteiger partial charge in [-0.2, -0.15) is 5.26 Å². The van der Waals surface area contributed by atoms with Crippen molar-refractivity contribution in [3.8, 4) is 6.07 Å². The summed E-state index contributed by atoms with van der Waals surface area (Å²) in [4.78, 5) is 0.761. The van der Waals surface area contributed by atoms with Crippen molar-refractivity contribution in [1.29, 1.82) is 5.26 Å². The molecule has 62 valence electrons. The van der Waals surface area contributed by atoms with Crippen LogP contribution in [0, 0.1) is 11.3 Å². The molecule has 0 spiro atoms. The van der Waals surface area contributed by atoms with Crippen molar-refractivity contribution < 1.29 is 0 Å². The van der Waals surface area contributed by atoms with E-state index < -0.39 is 0 Å². The van der Waals surface area contributed by atoms with Crippen LogP contribution in [0.25, 0.3) is 5.03 Å². The molecule has 1 rings (SSSR count). The molecule has 0 atom stereocenters. The molecule has 0 saturated carbocycles. The van der Waals surface area contributed by atoms with E-state index in [-0.39, 0.29) is 0 Å². The predicted octanol–water partition coefficient (Wildman–Crippen LogP) is 3.89. The summed E-state index contributed by atoms with van der Waals surface area (Å²) in [5, 5.41) is 11.4. The summed E-state index contributed by atoms with van der Waals surface area (Å²) in [6.45, 7) is 1.67. The molecule has 1 heterocycles. The maximum absolute atomic E-state index is 8.56. The van der Waals surface area contributed by atoms with Crippen LogP contribution in [0.5, 0.6) is 0 Å². The quantitative estimate of drug-likeness (QED) is 0.656. The molecule has 0 bridgehead atoms. The van der Waals surface area contributed by atoms with Crippen LogP contribution in [0.1, 0.15) is 11.8 Å². The molecule has 0 amide bonds. The number of rotatable bonds is 1. The van der Waals surface area contributed by atoms with Gasteiger partial charge in [0.25, 0.3) is 0 Å². The zero-order valence-electron chi connectivity index (χ0n) is 6.27. The van der Waals surface area contributed by atoms with E-state index in [1.807, 2.05) is 11.4 Å². The van der Waals surface area contributed by atoms with Gasteiger partial charge in [0.2, 0.25) is 0 Å². The summed E-state index contributed by atoms with van der Waals surface area (Å²) in [5.74, 6) is 0. The van der Waals surface area contributed by atoms with E-state index in [4.69, 9.17) is 28.5 Å². The molecule has 0 aliphatic carbocycles.